The minimum Gasteiger partial charge on any atom is -0.480 e. The number of nitrogens with zero attached hydrogens (tertiary/aromatic N) is 2. The Morgan fingerprint density at radius 2 is 2.08 bits per heavy atom. The second-order valence-electron chi connectivity index (χ2n) is 2.87. The molecule has 1 aromatic rings. The summed E-state index contributed by atoms with van der Waals surface area (Å²) in [6.45, 7) is 4.06. The van der Waals surface area contributed by atoms with Crippen LogP contribution in [0.15, 0.2) is 12.4 Å². The van der Waals surface area contributed by atoms with Crippen LogP contribution in [0.3, 0.4) is 0 Å². The Bertz CT molecular complexity index is 319. The van der Waals surface area contributed by atoms with Gasteiger partial charge in [0.05, 0.1) is 19.5 Å². The summed E-state index contributed by atoms with van der Waals surface area (Å²) in [6.07, 6.45) is 3.17. The molecular formula is C10H12N2O. The van der Waals surface area contributed by atoms with Gasteiger partial charge in [0.2, 0.25) is 5.88 Å². The lowest BCUT2D eigenvalue weighted by Crippen LogP contribution is -1.90. The molecular weight excluding hydrogens is 164 g/mol. The van der Waals surface area contributed by atoms with Crippen molar-refractivity contribution < 1.29 is 4.74 Å². The zero-order chi connectivity index (χ0) is 9.68. The van der Waals surface area contributed by atoms with E-state index in [9.17, 15) is 0 Å². The zero-order valence-electron chi connectivity index (χ0n) is 8.03. The number of rotatable bonds is 1. The molecule has 0 aliphatic carbocycles. The van der Waals surface area contributed by atoms with E-state index in [2.05, 4.69) is 21.8 Å². The highest BCUT2D eigenvalue weighted by Crippen LogP contribution is 2.01. The molecule has 1 aromatic heterocycles. The van der Waals surface area contributed by atoms with Crippen LogP contribution >= 0.6 is 0 Å². The second-order valence-corrected chi connectivity index (χ2v) is 2.87. The number of ether oxygens (including phenoxy) is 1. The lowest BCUT2D eigenvalue weighted by atomic mass is 10.2. The van der Waals surface area contributed by atoms with E-state index >= 15 is 0 Å². The Labute approximate surface area is 78.2 Å². The first-order chi connectivity index (χ1) is 6.22. The third-order valence-electron chi connectivity index (χ3n) is 1.33. The molecule has 0 radical (unpaired) electrons. The van der Waals surface area contributed by atoms with Crippen molar-refractivity contribution in [3.63, 3.8) is 0 Å². The van der Waals surface area contributed by atoms with Gasteiger partial charge in [-0.15, -0.1) is 0 Å². The van der Waals surface area contributed by atoms with E-state index in [1.54, 1.807) is 19.5 Å². The highest BCUT2D eigenvalue weighted by atomic mass is 16.5. The summed E-state index contributed by atoms with van der Waals surface area (Å²) in [4.78, 5) is 8.05. The summed E-state index contributed by atoms with van der Waals surface area (Å²) < 4.78 is 4.87. The van der Waals surface area contributed by atoms with Crippen LogP contribution in [-0.2, 0) is 0 Å². The van der Waals surface area contributed by atoms with Crippen LogP contribution in [0, 0.1) is 17.8 Å². The molecule has 0 aromatic carbocycles. The van der Waals surface area contributed by atoms with Crippen LogP contribution in [0.1, 0.15) is 19.5 Å². The number of methoxy groups -OCH3 is 1. The van der Waals surface area contributed by atoms with E-state index in [1.807, 2.05) is 13.8 Å². The minimum absolute atomic E-state index is 0.351. The van der Waals surface area contributed by atoms with Crippen molar-refractivity contribution in [3.05, 3.63) is 18.1 Å². The molecule has 0 fully saturated rings. The van der Waals surface area contributed by atoms with E-state index in [-0.39, 0.29) is 0 Å². The molecule has 68 valence electrons. The van der Waals surface area contributed by atoms with E-state index in [4.69, 9.17) is 4.74 Å². The zero-order valence-corrected chi connectivity index (χ0v) is 8.03. The van der Waals surface area contributed by atoms with Gasteiger partial charge in [-0.3, -0.25) is 0 Å². The minimum atomic E-state index is 0.351. The first-order valence-electron chi connectivity index (χ1n) is 4.10. The maximum Gasteiger partial charge on any atom is 0.232 e. The molecule has 1 heterocycles. The average Bonchev–Trinajstić information content (AvgIpc) is 2.15. The summed E-state index contributed by atoms with van der Waals surface area (Å²) in [6, 6.07) is 0. The average molecular weight is 176 g/mol. The molecule has 13 heavy (non-hydrogen) atoms. The molecule has 0 atom stereocenters. The van der Waals surface area contributed by atoms with Crippen LogP contribution in [0.2, 0.25) is 0 Å². The molecule has 0 N–H and O–H groups in total. The third-order valence-corrected chi connectivity index (χ3v) is 1.33. The van der Waals surface area contributed by atoms with Gasteiger partial charge < -0.3 is 4.74 Å². The molecule has 0 aliphatic rings. The normalized spacial score (nSPS) is 9.23. The molecule has 1 rings (SSSR count). The molecule has 0 saturated carbocycles. The summed E-state index contributed by atoms with van der Waals surface area (Å²) >= 11 is 0. The third kappa shape index (κ3) is 3.12. The highest BCUT2D eigenvalue weighted by Gasteiger charge is 1.92. The van der Waals surface area contributed by atoms with Crippen LogP contribution in [0.4, 0.5) is 0 Å². The molecule has 0 unspecified atom stereocenters. The van der Waals surface area contributed by atoms with Gasteiger partial charge in [0, 0.05) is 5.92 Å². The van der Waals surface area contributed by atoms with Crippen LogP contribution < -0.4 is 4.74 Å². The lowest BCUT2D eigenvalue weighted by Gasteiger charge is -1.95. The van der Waals surface area contributed by atoms with Gasteiger partial charge in [-0.1, -0.05) is 19.8 Å². The topological polar surface area (TPSA) is 35.0 Å². The first kappa shape index (κ1) is 9.53. The van der Waals surface area contributed by atoms with Gasteiger partial charge in [0.1, 0.15) is 5.69 Å². The second kappa shape index (κ2) is 4.46. The number of aromatic nitrogens is 2. The van der Waals surface area contributed by atoms with Crippen molar-refractivity contribution in [1.29, 1.82) is 0 Å². The van der Waals surface area contributed by atoms with E-state index < -0.39 is 0 Å². The van der Waals surface area contributed by atoms with Crippen molar-refractivity contribution >= 4 is 0 Å². The van der Waals surface area contributed by atoms with Crippen molar-refractivity contribution in [3.8, 4) is 17.7 Å². The fourth-order valence-corrected chi connectivity index (χ4v) is 0.704. The van der Waals surface area contributed by atoms with Gasteiger partial charge in [-0.25, -0.2) is 9.97 Å². The maximum absolute atomic E-state index is 4.87. The van der Waals surface area contributed by atoms with Crippen molar-refractivity contribution in [2.24, 2.45) is 5.92 Å². The first-order valence-corrected chi connectivity index (χ1v) is 4.10. The molecule has 0 spiro atoms. The van der Waals surface area contributed by atoms with E-state index in [0.29, 0.717) is 17.5 Å². The summed E-state index contributed by atoms with van der Waals surface area (Å²) in [5.74, 6) is 6.78. The smallest absolute Gasteiger partial charge is 0.232 e. The Hall–Kier alpha value is -1.56. The van der Waals surface area contributed by atoms with Gasteiger partial charge in [0.15, 0.2) is 0 Å². The van der Waals surface area contributed by atoms with E-state index in [1.165, 1.54) is 0 Å². The Morgan fingerprint density at radius 3 is 2.54 bits per heavy atom. The van der Waals surface area contributed by atoms with Crippen LogP contribution in [0.25, 0.3) is 0 Å². The maximum atomic E-state index is 4.87. The lowest BCUT2D eigenvalue weighted by molar-refractivity contribution is 0.395. The molecule has 3 heteroatoms. The highest BCUT2D eigenvalue weighted by molar-refractivity contribution is 5.26. The molecule has 0 amide bonds. The van der Waals surface area contributed by atoms with Crippen LogP contribution in [0.5, 0.6) is 5.88 Å². The Balaban J connectivity index is 2.77. The van der Waals surface area contributed by atoms with Crippen molar-refractivity contribution in [1.82, 2.24) is 9.97 Å². The largest absolute Gasteiger partial charge is 0.480 e. The number of hydrogen-bond donors (Lipinski definition) is 0. The quantitative estimate of drug-likeness (QED) is 0.608. The van der Waals surface area contributed by atoms with Crippen LogP contribution in [-0.4, -0.2) is 17.1 Å². The molecule has 0 saturated heterocycles. The SMILES string of the molecule is COc1cnc(C#CC(C)C)cn1. The van der Waals surface area contributed by atoms with Gasteiger partial charge in [0.25, 0.3) is 0 Å². The Kier molecular flexibility index (Phi) is 3.27. The predicted molar refractivity (Wildman–Crippen MR) is 50.3 cm³/mol. The van der Waals surface area contributed by atoms with Gasteiger partial charge in [-0.2, -0.15) is 0 Å². The summed E-state index contributed by atoms with van der Waals surface area (Å²) in [5.41, 5.74) is 0.675. The molecule has 0 aliphatic heterocycles. The fraction of sp³-hybridized carbons (Fsp3) is 0.400. The van der Waals surface area contributed by atoms with Crippen molar-refractivity contribution in [2.75, 3.05) is 7.11 Å². The molecule has 3 nitrogen and oxygen atoms in total. The van der Waals surface area contributed by atoms with Gasteiger partial charge >= 0.3 is 0 Å². The van der Waals surface area contributed by atoms with Crippen molar-refractivity contribution in [2.45, 2.75) is 13.8 Å². The van der Waals surface area contributed by atoms with Gasteiger partial charge in [-0.05, 0) is 5.92 Å². The summed E-state index contributed by atoms with van der Waals surface area (Å²) in [5, 5.41) is 0. The molecule has 0 bridgehead atoms. The number of hydrogen-bond acceptors (Lipinski definition) is 3. The predicted octanol–water partition coefficient (Wildman–Crippen LogP) is 1.49. The monoisotopic (exact) mass is 176 g/mol. The Morgan fingerprint density at radius 1 is 1.31 bits per heavy atom. The summed E-state index contributed by atoms with van der Waals surface area (Å²) in [7, 11) is 1.56. The fourth-order valence-electron chi connectivity index (χ4n) is 0.704. The standard InChI is InChI=1S/C10H12N2O/c1-8(2)4-5-9-6-12-10(13-3)7-11-9/h6-8H,1-3H3. The van der Waals surface area contributed by atoms with E-state index in [0.717, 1.165) is 0 Å².